The van der Waals surface area contributed by atoms with Crippen LogP contribution in [0.5, 0.6) is 0 Å². The van der Waals surface area contributed by atoms with Crippen molar-refractivity contribution in [3.63, 3.8) is 0 Å². The molecule has 3 nitrogen and oxygen atoms in total. The van der Waals surface area contributed by atoms with Crippen LogP contribution in [0.25, 0.3) is 0 Å². The maximum absolute atomic E-state index is 12.9. The van der Waals surface area contributed by atoms with Crippen LogP contribution in [0.4, 0.5) is 4.39 Å². The van der Waals surface area contributed by atoms with Crippen molar-refractivity contribution in [3.05, 3.63) is 30.1 Å². The number of thioether (sulfide) groups is 1. The second-order valence-electron chi connectivity index (χ2n) is 5.58. The molecule has 5 heteroatoms. The Balaban J connectivity index is 1.92. The Morgan fingerprint density at radius 3 is 2.81 bits per heavy atom. The number of hydrogen-bond donors (Lipinski definition) is 1. The van der Waals surface area contributed by atoms with Gasteiger partial charge in [-0.05, 0) is 48.9 Å². The van der Waals surface area contributed by atoms with Crippen LogP contribution in [0, 0.1) is 34.9 Å². The van der Waals surface area contributed by atoms with Crippen molar-refractivity contribution < 1.29 is 9.18 Å². The molecule has 1 saturated carbocycles. The van der Waals surface area contributed by atoms with Gasteiger partial charge in [0.2, 0.25) is 5.91 Å². The van der Waals surface area contributed by atoms with Crippen molar-refractivity contribution in [3.8, 4) is 6.07 Å². The van der Waals surface area contributed by atoms with E-state index in [0.29, 0.717) is 11.8 Å². The molecule has 1 aromatic rings. The van der Waals surface area contributed by atoms with Crippen molar-refractivity contribution in [2.45, 2.75) is 24.7 Å². The summed E-state index contributed by atoms with van der Waals surface area (Å²) < 4.78 is 12.9. The monoisotopic (exact) mass is 306 g/mol. The summed E-state index contributed by atoms with van der Waals surface area (Å²) in [5, 5.41) is 11.2. The number of nitrogens with one attached hydrogen (secondary N) is 1. The number of halogens is 1. The molecule has 0 bridgehead atoms. The van der Waals surface area contributed by atoms with Crippen molar-refractivity contribution in [1.29, 1.82) is 5.26 Å². The SMILES string of the molecule is CC1CC(CSc2ccc(F)cc2)C(C(=O)NCC#N)C1. The van der Waals surface area contributed by atoms with Crippen molar-refractivity contribution >= 4 is 17.7 Å². The zero-order valence-electron chi connectivity index (χ0n) is 12.0. The van der Waals surface area contributed by atoms with Crippen LogP contribution >= 0.6 is 11.8 Å². The van der Waals surface area contributed by atoms with Gasteiger partial charge in [-0.3, -0.25) is 4.79 Å². The van der Waals surface area contributed by atoms with E-state index in [9.17, 15) is 9.18 Å². The Morgan fingerprint density at radius 2 is 2.14 bits per heavy atom. The van der Waals surface area contributed by atoms with Gasteiger partial charge in [0, 0.05) is 16.6 Å². The van der Waals surface area contributed by atoms with E-state index in [4.69, 9.17) is 5.26 Å². The lowest BCUT2D eigenvalue weighted by atomic mass is 9.97. The number of rotatable bonds is 5. The molecular formula is C16H19FN2OS. The Bertz CT molecular complexity index is 526. The average Bonchev–Trinajstić information content (AvgIpc) is 2.85. The molecule has 0 saturated heterocycles. The number of benzene rings is 1. The van der Waals surface area contributed by atoms with E-state index in [0.717, 1.165) is 23.5 Å². The van der Waals surface area contributed by atoms with E-state index in [-0.39, 0.29) is 24.2 Å². The van der Waals surface area contributed by atoms with Crippen molar-refractivity contribution in [2.24, 2.45) is 17.8 Å². The smallest absolute Gasteiger partial charge is 0.224 e. The van der Waals surface area contributed by atoms with E-state index in [2.05, 4.69) is 12.2 Å². The summed E-state index contributed by atoms with van der Waals surface area (Å²) in [6.45, 7) is 2.23. The number of amides is 1. The lowest BCUT2D eigenvalue weighted by Gasteiger charge is -2.18. The third-order valence-electron chi connectivity index (χ3n) is 3.89. The number of carbonyl (C=O) groups excluding carboxylic acids is 1. The minimum Gasteiger partial charge on any atom is -0.343 e. The zero-order chi connectivity index (χ0) is 15.2. The fraction of sp³-hybridized carbons (Fsp3) is 0.500. The van der Waals surface area contributed by atoms with Crippen LogP contribution in [0.15, 0.2) is 29.2 Å². The van der Waals surface area contributed by atoms with Gasteiger partial charge in [-0.25, -0.2) is 4.39 Å². The molecule has 0 radical (unpaired) electrons. The number of nitrogens with zero attached hydrogens (tertiary/aromatic N) is 1. The first kappa shape index (κ1) is 15.8. The molecular weight excluding hydrogens is 287 g/mol. The molecule has 112 valence electrons. The van der Waals surface area contributed by atoms with Crippen LogP contribution in [0.2, 0.25) is 0 Å². The van der Waals surface area contributed by atoms with Gasteiger partial charge in [-0.1, -0.05) is 6.92 Å². The summed E-state index contributed by atoms with van der Waals surface area (Å²) in [7, 11) is 0. The molecule has 2 rings (SSSR count). The van der Waals surface area contributed by atoms with Gasteiger partial charge >= 0.3 is 0 Å². The first-order valence-electron chi connectivity index (χ1n) is 7.13. The van der Waals surface area contributed by atoms with Crippen LogP contribution < -0.4 is 5.32 Å². The zero-order valence-corrected chi connectivity index (χ0v) is 12.8. The molecule has 1 N–H and O–H groups in total. The first-order chi connectivity index (χ1) is 10.1. The molecule has 21 heavy (non-hydrogen) atoms. The maximum Gasteiger partial charge on any atom is 0.224 e. The first-order valence-corrected chi connectivity index (χ1v) is 8.11. The highest BCUT2D eigenvalue weighted by molar-refractivity contribution is 7.99. The van der Waals surface area contributed by atoms with Gasteiger partial charge < -0.3 is 5.32 Å². The second kappa shape index (κ2) is 7.46. The Morgan fingerprint density at radius 1 is 1.43 bits per heavy atom. The highest BCUT2D eigenvalue weighted by Gasteiger charge is 2.36. The molecule has 0 spiro atoms. The molecule has 0 aliphatic heterocycles. The van der Waals surface area contributed by atoms with Gasteiger partial charge in [-0.2, -0.15) is 5.26 Å². The molecule has 1 aromatic carbocycles. The van der Waals surface area contributed by atoms with Crippen LogP contribution in [0.3, 0.4) is 0 Å². The Labute approximate surface area is 128 Å². The van der Waals surface area contributed by atoms with E-state index in [1.165, 1.54) is 12.1 Å². The fourth-order valence-corrected chi connectivity index (χ4v) is 4.00. The van der Waals surface area contributed by atoms with Gasteiger partial charge in [0.25, 0.3) is 0 Å². The van der Waals surface area contributed by atoms with Gasteiger partial charge in [0.15, 0.2) is 0 Å². The Kier molecular flexibility index (Phi) is 5.63. The molecule has 0 aromatic heterocycles. The molecule has 0 heterocycles. The van der Waals surface area contributed by atoms with E-state index in [1.807, 2.05) is 6.07 Å². The topological polar surface area (TPSA) is 52.9 Å². The minimum absolute atomic E-state index is 0.00870. The maximum atomic E-state index is 12.9. The highest BCUT2D eigenvalue weighted by Crippen LogP contribution is 2.39. The summed E-state index contributed by atoms with van der Waals surface area (Å²) in [4.78, 5) is 13.1. The molecule has 1 fully saturated rings. The molecule has 3 unspecified atom stereocenters. The van der Waals surface area contributed by atoms with Crippen LogP contribution in [-0.4, -0.2) is 18.2 Å². The third-order valence-corrected chi connectivity index (χ3v) is 5.09. The fourth-order valence-electron chi connectivity index (χ4n) is 2.90. The summed E-state index contributed by atoms with van der Waals surface area (Å²) in [6, 6.07) is 8.38. The third kappa shape index (κ3) is 4.47. The highest BCUT2D eigenvalue weighted by atomic mass is 32.2. The Hall–Kier alpha value is -1.54. The van der Waals surface area contributed by atoms with Crippen LogP contribution in [-0.2, 0) is 4.79 Å². The standard InChI is InChI=1S/C16H19FN2OS/c1-11-8-12(15(9-11)16(20)19-7-6-18)10-21-14-4-2-13(17)3-5-14/h2-5,11-12,15H,7-10H2,1H3,(H,19,20). The summed E-state index contributed by atoms with van der Waals surface area (Å²) >= 11 is 1.66. The predicted molar refractivity (Wildman–Crippen MR) is 81.1 cm³/mol. The van der Waals surface area contributed by atoms with Gasteiger partial charge in [0.05, 0.1) is 6.07 Å². The normalized spacial score (nSPS) is 24.5. The second-order valence-corrected chi connectivity index (χ2v) is 6.68. The number of nitriles is 1. The molecule has 1 aliphatic rings. The number of hydrogen-bond acceptors (Lipinski definition) is 3. The summed E-state index contributed by atoms with van der Waals surface area (Å²) in [5.74, 6) is 1.44. The van der Waals surface area contributed by atoms with Gasteiger partial charge in [0.1, 0.15) is 12.4 Å². The quantitative estimate of drug-likeness (QED) is 0.671. The predicted octanol–water partition coefficient (Wildman–Crippen LogP) is 3.22. The van der Waals surface area contributed by atoms with E-state index in [1.54, 1.807) is 23.9 Å². The summed E-state index contributed by atoms with van der Waals surface area (Å²) in [5.41, 5.74) is 0. The van der Waals surface area contributed by atoms with Crippen molar-refractivity contribution in [2.75, 3.05) is 12.3 Å². The molecule has 1 aliphatic carbocycles. The lowest BCUT2D eigenvalue weighted by Crippen LogP contribution is -2.33. The minimum atomic E-state index is -0.234. The summed E-state index contributed by atoms with van der Waals surface area (Å²) in [6.07, 6.45) is 1.91. The number of carbonyl (C=O) groups is 1. The largest absolute Gasteiger partial charge is 0.343 e. The van der Waals surface area contributed by atoms with Crippen LogP contribution in [0.1, 0.15) is 19.8 Å². The average molecular weight is 306 g/mol. The van der Waals surface area contributed by atoms with Gasteiger partial charge in [-0.15, -0.1) is 11.8 Å². The van der Waals surface area contributed by atoms with E-state index < -0.39 is 0 Å². The molecule has 1 amide bonds. The van der Waals surface area contributed by atoms with Crippen molar-refractivity contribution in [1.82, 2.24) is 5.32 Å². The lowest BCUT2D eigenvalue weighted by molar-refractivity contribution is -0.125. The molecule has 3 atom stereocenters. The van der Waals surface area contributed by atoms with E-state index >= 15 is 0 Å².